The van der Waals surface area contributed by atoms with Gasteiger partial charge >= 0.3 is 0 Å². The molecule has 1 fully saturated rings. The molecule has 0 unspecified atom stereocenters. The summed E-state index contributed by atoms with van der Waals surface area (Å²) >= 11 is 0. The average molecular weight is 315 g/mol. The predicted molar refractivity (Wildman–Crippen MR) is 78.5 cm³/mol. The summed E-state index contributed by atoms with van der Waals surface area (Å²) in [6, 6.07) is 0.275. The molecule has 2 aromatic heterocycles. The van der Waals surface area contributed by atoms with E-state index in [0.717, 1.165) is 24.1 Å². The number of aromatic nitrogens is 3. The van der Waals surface area contributed by atoms with E-state index in [1.165, 1.54) is 6.26 Å². The van der Waals surface area contributed by atoms with Crippen molar-refractivity contribution >= 4 is 11.8 Å². The maximum absolute atomic E-state index is 12.5. The van der Waals surface area contributed by atoms with Crippen molar-refractivity contribution in [2.75, 3.05) is 0 Å². The third-order valence-corrected chi connectivity index (χ3v) is 4.22. The topological polar surface area (TPSA) is 93.3 Å². The van der Waals surface area contributed by atoms with Gasteiger partial charge in [-0.1, -0.05) is 0 Å². The number of carbonyl (C=O) groups excluding carboxylic acids is 2. The molecule has 0 spiro atoms. The van der Waals surface area contributed by atoms with Gasteiger partial charge in [-0.05, 0) is 12.8 Å². The summed E-state index contributed by atoms with van der Waals surface area (Å²) in [4.78, 5) is 30.5. The lowest BCUT2D eigenvalue weighted by molar-refractivity contribution is 0.0739. The number of hydrogen-bond donors (Lipinski definition) is 1. The van der Waals surface area contributed by atoms with E-state index in [4.69, 9.17) is 4.42 Å². The molecular formula is C15H17N5O3. The highest BCUT2D eigenvalue weighted by atomic mass is 16.3. The minimum atomic E-state index is -0.202. The zero-order chi connectivity index (χ0) is 16.1. The molecule has 2 amide bonds. The fraction of sp³-hybridized carbons (Fsp3) is 0.467. The van der Waals surface area contributed by atoms with Crippen molar-refractivity contribution in [2.45, 2.75) is 38.9 Å². The Kier molecular flexibility index (Phi) is 3.00. The van der Waals surface area contributed by atoms with Gasteiger partial charge in [-0.25, -0.2) is 4.98 Å². The molecule has 2 aliphatic rings. The number of fused-ring (bicyclic) bond motifs is 1. The molecule has 23 heavy (non-hydrogen) atoms. The fourth-order valence-corrected chi connectivity index (χ4v) is 2.83. The largest absolute Gasteiger partial charge is 0.448 e. The van der Waals surface area contributed by atoms with Crippen LogP contribution in [-0.4, -0.2) is 37.5 Å². The second-order valence-electron chi connectivity index (χ2n) is 6.06. The van der Waals surface area contributed by atoms with Gasteiger partial charge in [0.25, 0.3) is 11.8 Å². The number of nitrogens with zero attached hydrogens (tertiary/aromatic N) is 4. The van der Waals surface area contributed by atoms with Gasteiger partial charge in [-0.3, -0.25) is 14.3 Å². The summed E-state index contributed by atoms with van der Waals surface area (Å²) in [6.07, 6.45) is 3.41. The second-order valence-corrected chi connectivity index (χ2v) is 6.06. The summed E-state index contributed by atoms with van der Waals surface area (Å²) in [7, 11) is 1.79. The molecule has 0 aromatic carbocycles. The molecule has 2 aromatic rings. The lowest BCUT2D eigenvalue weighted by Gasteiger charge is -2.14. The first kappa shape index (κ1) is 14.0. The zero-order valence-corrected chi connectivity index (χ0v) is 13.0. The highest BCUT2D eigenvalue weighted by Gasteiger charge is 2.34. The zero-order valence-electron chi connectivity index (χ0n) is 13.0. The van der Waals surface area contributed by atoms with E-state index < -0.39 is 0 Å². The van der Waals surface area contributed by atoms with Gasteiger partial charge in [0.2, 0.25) is 0 Å². The van der Waals surface area contributed by atoms with Crippen LogP contribution in [0, 0.1) is 6.92 Å². The van der Waals surface area contributed by atoms with E-state index >= 15 is 0 Å². The SMILES string of the molecule is Cc1nc(C(=O)N2Cc3c(C(=O)NC4CC4)nn(C)c3C2)co1. The van der Waals surface area contributed by atoms with Crippen LogP contribution in [0.5, 0.6) is 0 Å². The van der Waals surface area contributed by atoms with Crippen LogP contribution in [0.1, 0.15) is 51.0 Å². The Labute approximate surface area is 132 Å². The number of rotatable bonds is 3. The Morgan fingerprint density at radius 3 is 2.78 bits per heavy atom. The Bertz CT molecular complexity index is 802. The summed E-state index contributed by atoms with van der Waals surface area (Å²) in [6.45, 7) is 2.47. The molecule has 1 aliphatic carbocycles. The summed E-state index contributed by atoms with van der Waals surface area (Å²) < 4.78 is 6.78. The molecule has 0 saturated heterocycles. The van der Waals surface area contributed by atoms with Crippen molar-refractivity contribution < 1.29 is 14.0 Å². The van der Waals surface area contributed by atoms with E-state index in [2.05, 4.69) is 15.4 Å². The number of carbonyl (C=O) groups is 2. The quantitative estimate of drug-likeness (QED) is 0.903. The van der Waals surface area contributed by atoms with Crippen LogP contribution in [0.2, 0.25) is 0 Å². The molecule has 3 heterocycles. The van der Waals surface area contributed by atoms with Gasteiger partial charge in [0.15, 0.2) is 17.3 Å². The Morgan fingerprint density at radius 1 is 1.35 bits per heavy atom. The third-order valence-electron chi connectivity index (χ3n) is 4.22. The highest BCUT2D eigenvalue weighted by molar-refractivity contribution is 5.96. The maximum atomic E-state index is 12.5. The Balaban J connectivity index is 1.57. The summed E-state index contributed by atoms with van der Waals surface area (Å²) in [5.41, 5.74) is 2.41. The monoisotopic (exact) mass is 315 g/mol. The molecule has 4 rings (SSSR count). The van der Waals surface area contributed by atoms with Crippen LogP contribution >= 0.6 is 0 Å². The normalized spacial score (nSPS) is 16.5. The van der Waals surface area contributed by atoms with Crippen LogP contribution in [0.25, 0.3) is 0 Å². The Hall–Kier alpha value is -2.64. The minimum Gasteiger partial charge on any atom is -0.448 e. The lowest BCUT2D eigenvalue weighted by Crippen LogP contribution is -2.29. The molecule has 1 N–H and O–H groups in total. The predicted octanol–water partition coefficient (Wildman–Crippen LogP) is 0.765. The van der Waals surface area contributed by atoms with E-state index in [9.17, 15) is 9.59 Å². The molecule has 1 saturated carbocycles. The standard InChI is InChI=1S/C15H17N5O3/c1-8-16-11(7-23-8)15(22)20-5-10-12(6-20)19(2)18-13(10)14(21)17-9-3-4-9/h7,9H,3-6H2,1-2H3,(H,17,21). The minimum absolute atomic E-state index is 0.157. The van der Waals surface area contributed by atoms with E-state index in [1.807, 2.05) is 0 Å². The average Bonchev–Trinajstić information content (AvgIpc) is 2.95. The lowest BCUT2D eigenvalue weighted by atomic mass is 10.2. The smallest absolute Gasteiger partial charge is 0.276 e. The van der Waals surface area contributed by atoms with E-state index in [0.29, 0.717) is 24.7 Å². The van der Waals surface area contributed by atoms with Crippen LogP contribution in [0.3, 0.4) is 0 Å². The van der Waals surface area contributed by atoms with Gasteiger partial charge < -0.3 is 14.6 Å². The van der Waals surface area contributed by atoms with Gasteiger partial charge in [-0.15, -0.1) is 0 Å². The van der Waals surface area contributed by atoms with Crippen LogP contribution in [0.4, 0.5) is 0 Å². The first-order valence-electron chi connectivity index (χ1n) is 7.60. The number of nitrogens with one attached hydrogen (secondary N) is 1. The summed E-state index contributed by atoms with van der Waals surface area (Å²) in [5.74, 6) is 0.0961. The first-order valence-corrected chi connectivity index (χ1v) is 7.60. The van der Waals surface area contributed by atoms with E-state index in [-0.39, 0.29) is 23.6 Å². The van der Waals surface area contributed by atoms with Gasteiger partial charge in [0.1, 0.15) is 6.26 Å². The number of oxazole rings is 1. The molecule has 0 radical (unpaired) electrons. The molecule has 1 aliphatic heterocycles. The third kappa shape index (κ3) is 2.39. The Morgan fingerprint density at radius 2 is 2.13 bits per heavy atom. The molecule has 120 valence electrons. The van der Waals surface area contributed by atoms with Crippen molar-refractivity contribution in [2.24, 2.45) is 7.05 Å². The fourth-order valence-electron chi connectivity index (χ4n) is 2.83. The van der Waals surface area contributed by atoms with Gasteiger partial charge in [0.05, 0.1) is 18.8 Å². The van der Waals surface area contributed by atoms with Gasteiger partial charge in [0, 0.05) is 25.6 Å². The molecular weight excluding hydrogens is 298 g/mol. The maximum Gasteiger partial charge on any atom is 0.276 e. The molecule has 0 atom stereocenters. The molecule has 0 bridgehead atoms. The van der Waals surface area contributed by atoms with Crippen LogP contribution in [-0.2, 0) is 20.1 Å². The van der Waals surface area contributed by atoms with Crippen molar-refractivity contribution in [3.63, 3.8) is 0 Å². The number of amides is 2. The van der Waals surface area contributed by atoms with Gasteiger partial charge in [-0.2, -0.15) is 5.10 Å². The first-order chi connectivity index (χ1) is 11.0. The van der Waals surface area contributed by atoms with Crippen LogP contribution < -0.4 is 5.32 Å². The van der Waals surface area contributed by atoms with Crippen molar-refractivity contribution in [3.8, 4) is 0 Å². The van der Waals surface area contributed by atoms with Crippen LogP contribution in [0.15, 0.2) is 10.7 Å². The number of hydrogen-bond acceptors (Lipinski definition) is 5. The summed E-state index contributed by atoms with van der Waals surface area (Å²) in [5, 5.41) is 7.26. The van der Waals surface area contributed by atoms with Crippen molar-refractivity contribution in [1.29, 1.82) is 0 Å². The van der Waals surface area contributed by atoms with Crippen molar-refractivity contribution in [1.82, 2.24) is 25.0 Å². The molecule has 8 nitrogen and oxygen atoms in total. The molecule has 8 heteroatoms. The van der Waals surface area contributed by atoms with Crippen molar-refractivity contribution in [3.05, 3.63) is 34.8 Å². The van der Waals surface area contributed by atoms with E-state index in [1.54, 1.807) is 23.6 Å². The highest BCUT2D eigenvalue weighted by Crippen LogP contribution is 2.28. The number of aryl methyl sites for hydroxylation is 2. The second kappa shape index (κ2) is 4.94.